The van der Waals surface area contributed by atoms with E-state index in [0.717, 1.165) is 73.1 Å². The van der Waals surface area contributed by atoms with Crippen LogP contribution >= 0.6 is 11.3 Å². The molecule has 0 spiro atoms. The number of amides is 2. The van der Waals surface area contributed by atoms with E-state index < -0.39 is 0 Å². The van der Waals surface area contributed by atoms with E-state index in [-0.39, 0.29) is 11.8 Å². The van der Waals surface area contributed by atoms with E-state index in [9.17, 15) is 14.4 Å². The van der Waals surface area contributed by atoms with Crippen molar-refractivity contribution in [3.05, 3.63) is 77.3 Å². The Kier molecular flexibility index (Phi) is 8.00. The Labute approximate surface area is 271 Å². The highest BCUT2D eigenvalue weighted by atomic mass is 32.1. The highest BCUT2D eigenvalue weighted by Crippen LogP contribution is 2.37. The molecule has 0 saturated carbocycles. The predicted molar refractivity (Wildman–Crippen MR) is 178 cm³/mol. The van der Waals surface area contributed by atoms with Crippen LogP contribution in [0.25, 0.3) is 28.0 Å². The number of imidazole rings is 1. The fraction of sp³-hybridized carbons (Fsp3) is 0.324. The zero-order valence-electron chi connectivity index (χ0n) is 25.9. The Morgan fingerprint density at radius 3 is 2.30 bits per heavy atom. The third-order valence-corrected chi connectivity index (χ3v) is 9.81. The number of nitriles is 1. The summed E-state index contributed by atoms with van der Waals surface area (Å²) in [6, 6.07) is 16.6. The monoisotopic (exact) mass is 635 g/mol. The van der Waals surface area contributed by atoms with Gasteiger partial charge >= 0.3 is 6.03 Å². The first-order chi connectivity index (χ1) is 22.4. The highest BCUT2D eigenvalue weighted by Gasteiger charge is 2.27. The summed E-state index contributed by atoms with van der Waals surface area (Å²) in [7, 11) is 1.93. The molecule has 1 aromatic carbocycles. The average molecular weight is 636 g/mol. The third-order valence-electron chi connectivity index (χ3n) is 8.77. The van der Waals surface area contributed by atoms with Crippen LogP contribution in [0.2, 0.25) is 0 Å². The van der Waals surface area contributed by atoms with Crippen molar-refractivity contribution in [1.29, 1.82) is 5.26 Å². The molecule has 2 saturated heterocycles. The summed E-state index contributed by atoms with van der Waals surface area (Å²) >= 11 is 1.30. The number of nitrogens with zero attached hydrogens (tertiary/aromatic N) is 9. The predicted octanol–water partition coefficient (Wildman–Crippen LogP) is 6.20. The second kappa shape index (κ2) is 12.4. The zero-order valence-corrected chi connectivity index (χ0v) is 26.7. The molecule has 2 aliphatic rings. The molecule has 7 rings (SSSR count). The van der Waals surface area contributed by atoms with Crippen molar-refractivity contribution in [2.24, 2.45) is 0 Å². The molecule has 6 heterocycles. The standard InChI is InChI=1S/C34H34FN9OS/c1-3-27-32(40(2)33-39-31(28(20-36)46-33)23-6-10-26(35)11-7-23)44-22-25(9-13-30(44)38-27)24-8-12-29(37-21-24)41-16-18-43(19-17-41)34(45)42-14-4-5-15-42/h6-13,21-22H,3-5,14-19H2,1-2H3. The number of urea groups is 1. The molecule has 0 unspecified atom stereocenters. The lowest BCUT2D eigenvalue weighted by molar-refractivity contribution is 0.159. The Bertz CT molecular complexity index is 1920. The number of aryl methyl sites for hydroxylation is 1. The van der Waals surface area contributed by atoms with Gasteiger partial charge in [0.15, 0.2) is 5.13 Å². The number of aromatic nitrogens is 4. The van der Waals surface area contributed by atoms with E-state index >= 15 is 0 Å². The molecule has 0 radical (unpaired) electrons. The van der Waals surface area contributed by atoms with E-state index in [1.807, 2.05) is 40.1 Å². The summed E-state index contributed by atoms with van der Waals surface area (Å²) in [6.45, 7) is 6.73. The number of halogens is 1. The number of hydrogen-bond acceptors (Lipinski definition) is 8. The molecule has 0 aliphatic carbocycles. The first-order valence-electron chi connectivity index (χ1n) is 15.6. The largest absolute Gasteiger partial charge is 0.353 e. The average Bonchev–Trinajstić information content (AvgIpc) is 3.87. The molecule has 0 bridgehead atoms. The summed E-state index contributed by atoms with van der Waals surface area (Å²) in [5.74, 6) is 1.44. The van der Waals surface area contributed by atoms with Crippen molar-refractivity contribution in [2.75, 3.05) is 56.1 Å². The highest BCUT2D eigenvalue weighted by molar-refractivity contribution is 7.16. The number of carbonyl (C=O) groups excluding carboxylic acids is 1. The number of likely N-dealkylation sites (tertiary alicyclic amines) is 1. The van der Waals surface area contributed by atoms with Gasteiger partial charge in [0, 0.05) is 75.4 Å². The van der Waals surface area contributed by atoms with E-state index in [0.29, 0.717) is 40.8 Å². The SMILES string of the molecule is CCc1nc2ccc(-c3ccc(N4CCN(C(=O)N5CCCC5)CC4)nc3)cn2c1N(C)c1nc(-c2ccc(F)cc2)c(C#N)s1. The van der Waals surface area contributed by atoms with Crippen molar-refractivity contribution in [3.63, 3.8) is 0 Å². The van der Waals surface area contributed by atoms with Gasteiger partial charge in [0.1, 0.15) is 39.7 Å². The summed E-state index contributed by atoms with van der Waals surface area (Å²) in [5, 5.41) is 10.5. The fourth-order valence-corrected chi connectivity index (χ4v) is 7.09. The maximum absolute atomic E-state index is 13.6. The first-order valence-corrected chi connectivity index (χ1v) is 16.4. The Morgan fingerprint density at radius 1 is 0.935 bits per heavy atom. The zero-order chi connectivity index (χ0) is 31.8. The summed E-state index contributed by atoms with van der Waals surface area (Å²) in [6.07, 6.45) is 6.87. The summed E-state index contributed by atoms with van der Waals surface area (Å²) in [5.41, 5.74) is 4.92. The molecule has 234 valence electrons. The number of pyridine rings is 2. The van der Waals surface area contributed by atoms with Crippen LogP contribution < -0.4 is 9.80 Å². The van der Waals surface area contributed by atoms with E-state index in [4.69, 9.17) is 15.0 Å². The third kappa shape index (κ3) is 5.51. The van der Waals surface area contributed by atoms with Gasteiger partial charge in [-0.1, -0.05) is 18.3 Å². The Balaban J connectivity index is 1.12. The van der Waals surface area contributed by atoms with Gasteiger partial charge in [-0.2, -0.15) is 5.26 Å². The molecule has 2 amide bonds. The van der Waals surface area contributed by atoms with Gasteiger partial charge < -0.3 is 19.6 Å². The van der Waals surface area contributed by atoms with Crippen LogP contribution in [0.4, 0.5) is 26.0 Å². The van der Waals surface area contributed by atoms with Crippen LogP contribution in [0, 0.1) is 17.1 Å². The van der Waals surface area contributed by atoms with Gasteiger partial charge in [0.2, 0.25) is 0 Å². The van der Waals surface area contributed by atoms with Crippen LogP contribution in [0.15, 0.2) is 60.9 Å². The second-order valence-electron chi connectivity index (χ2n) is 11.6. The first kappa shape index (κ1) is 29.7. The Morgan fingerprint density at radius 2 is 1.63 bits per heavy atom. The van der Waals surface area contributed by atoms with Crippen molar-refractivity contribution < 1.29 is 9.18 Å². The van der Waals surface area contributed by atoms with Crippen molar-refractivity contribution in [1.82, 2.24) is 29.2 Å². The maximum Gasteiger partial charge on any atom is 0.320 e. The van der Waals surface area contributed by atoms with E-state index in [1.165, 1.54) is 23.5 Å². The lowest BCUT2D eigenvalue weighted by atomic mass is 10.1. The van der Waals surface area contributed by atoms with Crippen LogP contribution in [0.5, 0.6) is 0 Å². The number of rotatable bonds is 6. The van der Waals surface area contributed by atoms with E-state index in [2.05, 4.69) is 40.6 Å². The summed E-state index contributed by atoms with van der Waals surface area (Å²) in [4.78, 5) is 35.9. The summed E-state index contributed by atoms with van der Waals surface area (Å²) < 4.78 is 15.6. The van der Waals surface area contributed by atoms with Crippen LogP contribution in [0.1, 0.15) is 30.3 Å². The molecule has 46 heavy (non-hydrogen) atoms. The number of piperazine rings is 1. The van der Waals surface area contributed by atoms with Gasteiger partial charge in [-0.25, -0.2) is 24.1 Å². The van der Waals surface area contributed by atoms with Crippen LogP contribution in [-0.2, 0) is 6.42 Å². The molecule has 12 heteroatoms. The molecule has 2 aliphatic heterocycles. The minimum Gasteiger partial charge on any atom is -0.353 e. The number of thiazole rings is 1. The molecular formula is C34H34FN9OS. The van der Waals surface area contributed by atoms with Crippen LogP contribution in [-0.4, -0.2) is 81.5 Å². The minimum absolute atomic E-state index is 0.167. The minimum atomic E-state index is -0.336. The quantitative estimate of drug-likeness (QED) is 0.219. The fourth-order valence-electron chi connectivity index (χ4n) is 6.25. The van der Waals surface area contributed by atoms with Crippen molar-refractivity contribution in [3.8, 4) is 28.5 Å². The molecule has 5 aromatic rings. The number of fused-ring (bicyclic) bond motifs is 1. The molecule has 0 N–H and O–H groups in total. The van der Waals surface area contributed by atoms with Gasteiger partial charge in [-0.15, -0.1) is 0 Å². The van der Waals surface area contributed by atoms with Gasteiger partial charge in [-0.3, -0.25) is 4.40 Å². The smallest absolute Gasteiger partial charge is 0.320 e. The molecular weight excluding hydrogens is 602 g/mol. The second-order valence-corrected chi connectivity index (χ2v) is 12.6. The Hall–Kier alpha value is -5.02. The number of anilines is 3. The normalized spacial score (nSPS) is 15.0. The van der Waals surface area contributed by atoms with Crippen LogP contribution in [0.3, 0.4) is 0 Å². The molecule has 4 aromatic heterocycles. The van der Waals surface area contributed by atoms with E-state index in [1.54, 1.807) is 12.1 Å². The maximum atomic E-state index is 13.6. The topological polar surface area (TPSA) is 96.9 Å². The molecule has 10 nitrogen and oxygen atoms in total. The van der Waals surface area contributed by atoms with Gasteiger partial charge in [0.05, 0.1) is 5.69 Å². The number of carbonyl (C=O) groups is 1. The number of hydrogen-bond donors (Lipinski definition) is 0. The van der Waals surface area contributed by atoms with Crippen molar-refractivity contribution in [2.45, 2.75) is 26.2 Å². The van der Waals surface area contributed by atoms with Gasteiger partial charge in [-0.05, 0) is 67.8 Å². The lowest BCUT2D eigenvalue weighted by Gasteiger charge is -2.37. The molecule has 2 fully saturated rings. The number of benzene rings is 1. The molecule has 0 atom stereocenters. The lowest BCUT2D eigenvalue weighted by Crippen LogP contribution is -2.52. The van der Waals surface area contributed by atoms with Gasteiger partial charge in [0.25, 0.3) is 0 Å². The van der Waals surface area contributed by atoms with Crippen molar-refractivity contribution >= 4 is 39.8 Å².